The van der Waals surface area contributed by atoms with E-state index < -0.39 is 18.5 Å². The minimum Gasteiger partial charge on any atom is -0.451 e. The molecule has 8 heteroatoms. The molecule has 0 aliphatic carbocycles. The molecule has 132 valence electrons. The Morgan fingerprint density at radius 1 is 1.38 bits per heavy atom. The number of thiophene rings is 1. The van der Waals surface area contributed by atoms with Crippen molar-refractivity contribution in [2.45, 2.75) is 6.92 Å². The molecule has 3 aromatic rings. The molecule has 0 atom stereocenters. The molecule has 0 radical (unpaired) electrons. The zero-order valence-electron chi connectivity index (χ0n) is 13.8. The van der Waals surface area contributed by atoms with Crippen molar-refractivity contribution in [1.82, 2.24) is 15.1 Å². The van der Waals surface area contributed by atoms with Gasteiger partial charge in [-0.25, -0.2) is 13.9 Å². The number of nitrogens with zero attached hydrogens (tertiary/aromatic N) is 2. The maximum atomic E-state index is 13.1. The Morgan fingerprint density at radius 3 is 2.81 bits per heavy atom. The molecule has 0 aliphatic heterocycles. The van der Waals surface area contributed by atoms with Gasteiger partial charge in [-0.2, -0.15) is 5.10 Å². The predicted octanol–water partition coefficient (Wildman–Crippen LogP) is 2.44. The highest BCUT2D eigenvalue weighted by molar-refractivity contribution is 7.20. The molecule has 1 amide bonds. The van der Waals surface area contributed by atoms with Crippen LogP contribution in [0.2, 0.25) is 0 Å². The van der Waals surface area contributed by atoms with E-state index >= 15 is 0 Å². The molecule has 3 rings (SSSR count). The summed E-state index contributed by atoms with van der Waals surface area (Å²) >= 11 is 1.19. The normalized spacial score (nSPS) is 10.5. The monoisotopic (exact) mass is 371 g/mol. The van der Waals surface area contributed by atoms with Crippen LogP contribution in [0.4, 0.5) is 4.39 Å². The van der Waals surface area contributed by atoms with E-state index in [-0.39, 0.29) is 12.4 Å². The van der Waals surface area contributed by atoms with Gasteiger partial charge in [-0.05, 0) is 37.3 Å². The average molecular weight is 371 g/mol. The molecular formula is C18H14FN3O3S. The number of fused-ring (bicyclic) bond motifs is 1. The summed E-state index contributed by atoms with van der Waals surface area (Å²) < 4.78 is 19.8. The van der Waals surface area contributed by atoms with Crippen LogP contribution in [-0.4, -0.2) is 34.8 Å². The molecule has 0 saturated carbocycles. The van der Waals surface area contributed by atoms with Gasteiger partial charge in [0.25, 0.3) is 5.91 Å². The molecule has 26 heavy (non-hydrogen) atoms. The zero-order chi connectivity index (χ0) is 18.7. The summed E-state index contributed by atoms with van der Waals surface area (Å²) in [7, 11) is 0. The Bertz CT molecular complexity index is 1010. The molecular weight excluding hydrogens is 357 g/mol. The minimum atomic E-state index is -0.605. The summed E-state index contributed by atoms with van der Waals surface area (Å²) in [6, 6.07) is 7.57. The number of benzene rings is 1. The number of hydrogen-bond donors (Lipinski definition) is 1. The van der Waals surface area contributed by atoms with E-state index in [1.165, 1.54) is 23.5 Å². The first-order valence-electron chi connectivity index (χ1n) is 7.62. The fourth-order valence-corrected chi connectivity index (χ4v) is 3.38. The van der Waals surface area contributed by atoms with Crippen LogP contribution in [0.25, 0.3) is 15.9 Å². The Kier molecular flexibility index (Phi) is 5.00. The number of ether oxygens (including phenoxy) is 1. The van der Waals surface area contributed by atoms with Crippen LogP contribution < -0.4 is 5.32 Å². The number of terminal acetylenes is 1. The summed E-state index contributed by atoms with van der Waals surface area (Å²) in [4.78, 5) is 24.7. The lowest BCUT2D eigenvalue weighted by Gasteiger charge is -2.03. The van der Waals surface area contributed by atoms with Gasteiger partial charge in [-0.3, -0.25) is 4.79 Å². The van der Waals surface area contributed by atoms with Crippen LogP contribution in [-0.2, 0) is 9.53 Å². The lowest BCUT2D eigenvalue weighted by Crippen LogP contribution is -2.28. The van der Waals surface area contributed by atoms with E-state index in [0.717, 1.165) is 15.9 Å². The fourth-order valence-electron chi connectivity index (χ4n) is 2.31. The summed E-state index contributed by atoms with van der Waals surface area (Å²) in [5, 5.41) is 7.63. The molecule has 0 bridgehead atoms. The number of rotatable bonds is 5. The summed E-state index contributed by atoms with van der Waals surface area (Å²) in [5.74, 6) is 0.849. The molecule has 1 N–H and O–H groups in total. The van der Waals surface area contributed by atoms with Crippen molar-refractivity contribution in [3.8, 4) is 18.0 Å². The maximum Gasteiger partial charge on any atom is 0.348 e. The van der Waals surface area contributed by atoms with E-state index in [4.69, 9.17) is 11.2 Å². The van der Waals surface area contributed by atoms with E-state index in [2.05, 4.69) is 16.3 Å². The number of carbonyl (C=O) groups is 2. The zero-order valence-corrected chi connectivity index (χ0v) is 14.6. The molecule has 0 aliphatic rings. The Balaban J connectivity index is 1.82. The van der Waals surface area contributed by atoms with Crippen molar-refractivity contribution >= 4 is 33.4 Å². The van der Waals surface area contributed by atoms with Crippen LogP contribution in [0.3, 0.4) is 0 Å². The number of nitrogens with one attached hydrogen (secondary N) is 1. The molecule has 6 nitrogen and oxygen atoms in total. The number of aryl methyl sites for hydroxylation is 1. The molecule has 2 aromatic heterocycles. The first-order valence-corrected chi connectivity index (χ1v) is 8.43. The van der Waals surface area contributed by atoms with E-state index in [9.17, 15) is 14.0 Å². The Labute approximate surface area is 152 Å². The van der Waals surface area contributed by atoms with E-state index in [1.54, 1.807) is 22.9 Å². The number of hydrogen-bond acceptors (Lipinski definition) is 5. The first-order chi connectivity index (χ1) is 12.5. The fraction of sp³-hybridized carbons (Fsp3) is 0.167. The number of amides is 1. The van der Waals surface area contributed by atoms with Crippen LogP contribution in [0, 0.1) is 25.1 Å². The number of esters is 1. The van der Waals surface area contributed by atoms with Crippen LogP contribution in [0.15, 0.2) is 30.3 Å². The lowest BCUT2D eigenvalue weighted by atomic mass is 10.3. The molecule has 0 spiro atoms. The minimum absolute atomic E-state index is 0.0754. The van der Waals surface area contributed by atoms with Crippen molar-refractivity contribution in [2.24, 2.45) is 0 Å². The Hall–Kier alpha value is -3.18. The topological polar surface area (TPSA) is 73.2 Å². The highest BCUT2D eigenvalue weighted by atomic mass is 32.1. The van der Waals surface area contributed by atoms with Crippen molar-refractivity contribution in [2.75, 3.05) is 13.2 Å². The third-order valence-electron chi connectivity index (χ3n) is 3.54. The van der Waals surface area contributed by atoms with Gasteiger partial charge in [0, 0.05) is 5.39 Å². The highest BCUT2D eigenvalue weighted by Gasteiger charge is 2.18. The molecule has 0 saturated heterocycles. The van der Waals surface area contributed by atoms with Crippen LogP contribution in [0.5, 0.6) is 0 Å². The smallest absolute Gasteiger partial charge is 0.348 e. The molecule has 1 aromatic carbocycles. The van der Waals surface area contributed by atoms with Gasteiger partial charge in [0.15, 0.2) is 6.61 Å². The molecule has 0 unspecified atom stereocenters. The SMILES string of the molecule is C#CCNC(=O)COC(=O)c1cc2c(C)nn(-c3ccc(F)cc3)c2s1. The van der Waals surface area contributed by atoms with Gasteiger partial charge in [-0.15, -0.1) is 17.8 Å². The van der Waals surface area contributed by atoms with Crippen LogP contribution >= 0.6 is 11.3 Å². The number of aromatic nitrogens is 2. The van der Waals surface area contributed by atoms with Gasteiger partial charge in [0.1, 0.15) is 15.5 Å². The highest BCUT2D eigenvalue weighted by Crippen LogP contribution is 2.30. The van der Waals surface area contributed by atoms with Crippen molar-refractivity contribution in [1.29, 1.82) is 0 Å². The van der Waals surface area contributed by atoms with E-state index in [1.807, 2.05) is 6.92 Å². The number of halogens is 1. The van der Waals surface area contributed by atoms with Gasteiger partial charge in [0.2, 0.25) is 0 Å². The standard InChI is InChI=1S/C18H14FN3O3S/c1-3-8-20-16(23)10-25-18(24)15-9-14-11(2)21-22(17(14)26-15)13-6-4-12(19)5-7-13/h1,4-7,9H,8,10H2,2H3,(H,20,23). The van der Waals surface area contributed by atoms with Gasteiger partial charge in [-0.1, -0.05) is 5.92 Å². The van der Waals surface area contributed by atoms with Crippen LogP contribution in [0.1, 0.15) is 15.4 Å². The first kappa shape index (κ1) is 17.6. The second kappa shape index (κ2) is 7.37. The summed E-state index contributed by atoms with van der Waals surface area (Å²) in [6.45, 7) is 1.49. The predicted molar refractivity (Wildman–Crippen MR) is 95.8 cm³/mol. The van der Waals surface area contributed by atoms with Gasteiger partial charge >= 0.3 is 5.97 Å². The second-order valence-corrected chi connectivity index (χ2v) is 6.39. The van der Waals surface area contributed by atoms with Gasteiger partial charge in [0.05, 0.1) is 17.9 Å². The maximum absolute atomic E-state index is 13.1. The third kappa shape index (κ3) is 3.58. The molecule has 2 heterocycles. The average Bonchev–Trinajstić information content (AvgIpc) is 3.19. The summed E-state index contributed by atoms with van der Waals surface area (Å²) in [5.41, 5.74) is 1.41. The quantitative estimate of drug-likeness (QED) is 0.552. The van der Waals surface area contributed by atoms with Crippen molar-refractivity contribution < 1.29 is 18.7 Å². The van der Waals surface area contributed by atoms with Crippen molar-refractivity contribution in [3.05, 3.63) is 46.7 Å². The van der Waals surface area contributed by atoms with Gasteiger partial charge < -0.3 is 10.1 Å². The van der Waals surface area contributed by atoms with Crippen molar-refractivity contribution in [3.63, 3.8) is 0 Å². The van der Waals surface area contributed by atoms with E-state index in [0.29, 0.717) is 10.6 Å². The Morgan fingerprint density at radius 2 is 2.12 bits per heavy atom. The lowest BCUT2D eigenvalue weighted by molar-refractivity contribution is -0.123. The molecule has 0 fully saturated rings. The summed E-state index contributed by atoms with van der Waals surface area (Å²) in [6.07, 6.45) is 5.04. The second-order valence-electron chi connectivity index (χ2n) is 5.36. The largest absolute Gasteiger partial charge is 0.451 e. The third-order valence-corrected chi connectivity index (χ3v) is 4.63. The number of carbonyl (C=O) groups excluding carboxylic acids is 2.